The molecule has 0 aliphatic heterocycles. The Morgan fingerprint density at radius 3 is 2.81 bits per heavy atom. The molecule has 0 saturated carbocycles. The molecule has 1 amide bonds. The Morgan fingerprint density at radius 2 is 2.04 bits per heavy atom. The number of rotatable bonds is 5. The summed E-state index contributed by atoms with van der Waals surface area (Å²) < 4.78 is 6.60. The number of nitrogens with one attached hydrogen (secondary N) is 1. The van der Waals surface area contributed by atoms with Crippen LogP contribution in [0.1, 0.15) is 17.0 Å². The third kappa shape index (κ3) is 4.35. The largest absolute Gasteiger partial charge is 0.455 e. The van der Waals surface area contributed by atoms with Crippen molar-refractivity contribution in [1.82, 2.24) is 19.6 Å². The second-order valence-corrected chi connectivity index (χ2v) is 6.59. The zero-order chi connectivity index (χ0) is 19.6. The van der Waals surface area contributed by atoms with Crippen molar-refractivity contribution in [2.75, 3.05) is 11.9 Å². The number of aromatic nitrogens is 4. The Balaban J connectivity index is 1.61. The number of amides is 1. The molecular weight excluding hydrogens is 393 g/mol. The molecule has 2 aromatic heterocycles. The van der Waals surface area contributed by atoms with Crippen LogP contribution < -0.4 is 5.32 Å². The number of carbonyl (C=O) groups is 2. The Labute approximate surface area is 164 Å². The van der Waals surface area contributed by atoms with E-state index in [2.05, 4.69) is 20.4 Å². The standard InChI is InChI=1S/C17H15Cl2N5O3/c1-9-12(10(2)24-17(22-9)20-8-21-24)6-16(26)27-7-15(25)23-14-5-11(18)3-4-13(14)19/h3-5,8H,6-7H2,1-2H3,(H,23,25). The minimum Gasteiger partial charge on any atom is -0.455 e. The molecule has 0 aliphatic rings. The van der Waals surface area contributed by atoms with Crippen molar-refractivity contribution in [3.63, 3.8) is 0 Å². The molecule has 2 heterocycles. The molecule has 0 unspecified atom stereocenters. The molecule has 0 bridgehead atoms. The van der Waals surface area contributed by atoms with Crippen LogP contribution in [0.25, 0.3) is 5.78 Å². The van der Waals surface area contributed by atoms with Crippen molar-refractivity contribution >= 4 is 46.5 Å². The molecule has 0 saturated heterocycles. The van der Waals surface area contributed by atoms with Crippen LogP contribution in [-0.2, 0) is 20.7 Å². The van der Waals surface area contributed by atoms with Crippen LogP contribution in [0.15, 0.2) is 24.5 Å². The van der Waals surface area contributed by atoms with Gasteiger partial charge >= 0.3 is 5.97 Å². The summed E-state index contributed by atoms with van der Waals surface area (Å²) in [6, 6.07) is 4.67. The van der Waals surface area contributed by atoms with E-state index in [1.807, 2.05) is 6.92 Å². The van der Waals surface area contributed by atoms with E-state index in [4.69, 9.17) is 27.9 Å². The van der Waals surface area contributed by atoms with Gasteiger partial charge in [-0.3, -0.25) is 9.59 Å². The van der Waals surface area contributed by atoms with E-state index >= 15 is 0 Å². The molecule has 0 atom stereocenters. The summed E-state index contributed by atoms with van der Waals surface area (Å²) >= 11 is 11.9. The summed E-state index contributed by atoms with van der Waals surface area (Å²) in [6.45, 7) is 3.14. The lowest BCUT2D eigenvalue weighted by Gasteiger charge is -2.11. The fraction of sp³-hybridized carbons (Fsp3) is 0.235. The Hall–Kier alpha value is -2.71. The van der Waals surface area contributed by atoms with Gasteiger partial charge in [0.25, 0.3) is 11.7 Å². The van der Waals surface area contributed by atoms with E-state index < -0.39 is 18.5 Å². The highest BCUT2D eigenvalue weighted by atomic mass is 35.5. The predicted octanol–water partition coefficient (Wildman–Crippen LogP) is 2.77. The normalized spacial score (nSPS) is 10.8. The summed E-state index contributed by atoms with van der Waals surface area (Å²) in [5.74, 6) is -0.625. The van der Waals surface area contributed by atoms with Gasteiger partial charge in [-0.2, -0.15) is 10.1 Å². The fourth-order valence-corrected chi connectivity index (χ4v) is 2.87. The van der Waals surface area contributed by atoms with E-state index in [0.29, 0.717) is 32.8 Å². The van der Waals surface area contributed by atoms with Crippen molar-refractivity contribution in [1.29, 1.82) is 0 Å². The van der Waals surface area contributed by atoms with E-state index in [9.17, 15) is 9.59 Å². The Bertz CT molecular complexity index is 1030. The van der Waals surface area contributed by atoms with Crippen LogP contribution >= 0.6 is 23.2 Å². The summed E-state index contributed by atoms with van der Waals surface area (Å²) in [5, 5.41) is 7.37. The molecular formula is C17H15Cl2N5O3. The zero-order valence-electron chi connectivity index (χ0n) is 14.5. The van der Waals surface area contributed by atoms with E-state index in [0.717, 1.165) is 5.69 Å². The van der Waals surface area contributed by atoms with Crippen LogP contribution in [-0.4, -0.2) is 38.1 Å². The summed E-state index contributed by atoms with van der Waals surface area (Å²) in [6.07, 6.45) is 1.36. The number of ether oxygens (including phenoxy) is 1. The summed E-state index contributed by atoms with van der Waals surface area (Å²) in [4.78, 5) is 32.4. The van der Waals surface area contributed by atoms with Gasteiger partial charge in [-0.1, -0.05) is 23.2 Å². The SMILES string of the molecule is Cc1nc2ncnn2c(C)c1CC(=O)OCC(=O)Nc1cc(Cl)ccc1Cl. The van der Waals surface area contributed by atoms with Gasteiger partial charge in [0.1, 0.15) is 6.33 Å². The minimum absolute atomic E-state index is 0.0360. The second-order valence-electron chi connectivity index (χ2n) is 5.74. The molecule has 0 aliphatic carbocycles. The molecule has 1 aromatic carbocycles. The first-order valence-electron chi connectivity index (χ1n) is 7.91. The van der Waals surface area contributed by atoms with Crippen LogP contribution in [0.3, 0.4) is 0 Å². The third-order valence-electron chi connectivity index (χ3n) is 3.88. The number of halogens is 2. The average molecular weight is 408 g/mol. The molecule has 0 spiro atoms. The van der Waals surface area contributed by atoms with Gasteiger partial charge in [0.05, 0.1) is 17.1 Å². The molecule has 0 radical (unpaired) electrons. The Kier molecular flexibility index (Phi) is 5.57. The highest BCUT2D eigenvalue weighted by molar-refractivity contribution is 6.35. The number of hydrogen-bond donors (Lipinski definition) is 1. The summed E-state index contributed by atoms with van der Waals surface area (Å²) in [7, 11) is 0. The first-order chi connectivity index (χ1) is 12.8. The lowest BCUT2D eigenvalue weighted by Crippen LogP contribution is -2.22. The molecule has 3 aromatic rings. The molecule has 27 heavy (non-hydrogen) atoms. The van der Waals surface area contributed by atoms with Gasteiger partial charge in [0.15, 0.2) is 6.61 Å². The summed E-state index contributed by atoms with van der Waals surface area (Å²) in [5.41, 5.74) is 2.41. The zero-order valence-corrected chi connectivity index (χ0v) is 16.0. The second kappa shape index (κ2) is 7.89. The van der Waals surface area contributed by atoms with E-state index in [1.54, 1.807) is 23.6 Å². The van der Waals surface area contributed by atoms with Crippen molar-refractivity contribution in [3.05, 3.63) is 51.5 Å². The molecule has 140 valence electrons. The number of esters is 1. The number of aryl methyl sites for hydroxylation is 2. The molecule has 0 fully saturated rings. The van der Waals surface area contributed by atoms with Crippen LogP contribution in [0.2, 0.25) is 10.0 Å². The quantitative estimate of drug-likeness (QED) is 0.652. The highest BCUT2D eigenvalue weighted by Crippen LogP contribution is 2.25. The maximum absolute atomic E-state index is 12.1. The van der Waals surface area contributed by atoms with Gasteiger partial charge in [-0.15, -0.1) is 0 Å². The first-order valence-corrected chi connectivity index (χ1v) is 8.67. The monoisotopic (exact) mass is 407 g/mol. The molecule has 1 N–H and O–H groups in total. The minimum atomic E-state index is -0.560. The topological polar surface area (TPSA) is 98.5 Å². The van der Waals surface area contributed by atoms with Crippen LogP contribution in [0.4, 0.5) is 5.69 Å². The fourth-order valence-electron chi connectivity index (χ4n) is 2.53. The van der Waals surface area contributed by atoms with Crippen molar-refractivity contribution < 1.29 is 14.3 Å². The van der Waals surface area contributed by atoms with E-state index in [1.165, 1.54) is 12.4 Å². The van der Waals surface area contributed by atoms with Crippen LogP contribution in [0.5, 0.6) is 0 Å². The number of benzene rings is 1. The maximum atomic E-state index is 12.1. The van der Waals surface area contributed by atoms with Gasteiger partial charge in [0.2, 0.25) is 0 Å². The van der Waals surface area contributed by atoms with E-state index in [-0.39, 0.29) is 6.42 Å². The van der Waals surface area contributed by atoms with Crippen molar-refractivity contribution in [2.45, 2.75) is 20.3 Å². The van der Waals surface area contributed by atoms with Crippen molar-refractivity contribution in [3.8, 4) is 0 Å². The molecule has 10 heteroatoms. The van der Waals surface area contributed by atoms with Gasteiger partial charge in [-0.25, -0.2) is 9.50 Å². The number of anilines is 1. The van der Waals surface area contributed by atoms with Gasteiger partial charge < -0.3 is 10.1 Å². The number of nitrogens with zero attached hydrogens (tertiary/aromatic N) is 4. The lowest BCUT2D eigenvalue weighted by atomic mass is 10.1. The number of fused-ring (bicyclic) bond motifs is 1. The third-order valence-corrected chi connectivity index (χ3v) is 4.44. The number of carbonyl (C=O) groups excluding carboxylic acids is 2. The maximum Gasteiger partial charge on any atom is 0.310 e. The smallest absolute Gasteiger partial charge is 0.310 e. The Morgan fingerprint density at radius 1 is 1.26 bits per heavy atom. The van der Waals surface area contributed by atoms with Gasteiger partial charge in [0, 0.05) is 22.0 Å². The first kappa shape index (κ1) is 19.1. The average Bonchev–Trinajstić information content (AvgIpc) is 3.08. The molecule has 8 nitrogen and oxygen atoms in total. The lowest BCUT2D eigenvalue weighted by molar-refractivity contribution is -0.146. The highest BCUT2D eigenvalue weighted by Gasteiger charge is 2.16. The predicted molar refractivity (Wildman–Crippen MR) is 100 cm³/mol. The number of hydrogen-bond acceptors (Lipinski definition) is 6. The van der Waals surface area contributed by atoms with Crippen molar-refractivity contribution in [2.24, 2.45) is 0 Å². The van der Waals surface area contributed by atoms with Gasteiger partial charge in [-0.05, 0) is 32.0 Å². The molecule has 3 rings (SSSR count). The van der Waals surface area contributed by atoms with Crippen LogP contribution in [0, 0.1) is 13.8 Å².